The fraction of sp³-hybridized carbons (Fsp3) is 0.107. The molecule has 3 aromatic carbocycles. The van der Waals surface area contributed by atoms with Crippen molar-refractivity contribution >= 4 is 30.6 Å². The molecule has 0 aliphatic heterocycles. The fourth-order valence-electron chi connectivity index (χ4n) is 4.24. The minimum Gasteiger partial charge on any atom is -0.495 e. The Bertz CT molecular complexity index is 1860. The fourth-order valence-corrected chi connectivity index (χ4v) is 5.48. The Hall–Kier alpha value is -4.08. The predicted molar refractivity (Wildman–Crippen MR) is 151 cm³/mol. The Morgan fingerprint density at radius 1 is 0.875 bits per heavy atom. The van der Waals surface area contributed by atoms with Gasteiger partial charge in [0.15, 0.2) is 9.84 Å². The monoisotopic (exact) mass is 585 g/mol. The Balaban J connectivity index is 0.00000370. The number of hydrogen-bond acceptors (Lipinski definition) is 6. The lowest BCUT2D eigenvalue weighted by atomic mass is 10.0. The number of rotatable bonds is 6. The van der Waals surface area contributed by atoms with Gasteiger partial charge >= 0.3 is 6.18 Å². The number of alkyl halides is 3. The summed E-state index contributed by atoms with van der Waals surface area (Å²) >= 11 is 0. The van der Waals surface area contributed by atoms with Crippen LogP contribution in [-0.4, -0.2) is 30.1 Å². The zero-order chi connectivity index (χ0) is 27.8. The second-order valence-corrected chi connectivity index (χ2v) is 10.6. The van der Waals surface area contributed by atoms with Crippen molar-refractivity contribution in [2.75, 3.05) is 7.11 Å². The maximum Gasteiger partial charge on any atom is 0.416 e. The third kappa shape index (κ3) is 5.76. The van der Waals surface area contributed by atoms with Gasteiger partial charge in [0.25, 0.3) is 5.56 Å². The van der Waals surface area contributed by atoms with E-state index in [1.807, 2.05) is 0 Å². The number of halogens is 3. The van der Waals surface area contributed by atoms with E-state index in [0.29, 0.717) is 27.7 Å². The lowest BCUT2D eigenvalue weighted by molar-refractivity contribution is -0.137. The number of ether oxygens (including phenoxy) is 1. The van der Waals surface area contributed by atoms with Gasteiger partial charge in [-0.15, -0.1) is 0 Å². The van der Waals surface area contributed by atoms with Crippen LogP contribution in [0.2, 0.25) is 0 Å². The molecule has 5 rings (SSSR count). The van der Waals surface area contributed by atoms with Crippen LogP contribution < -0.4 is 10.3 Å². The van der Waals surface area contributed by atoms with Crippen molar-refractivity contribution in [3.63, 3.8) is 0 Å². The molecule has 40 heavy (non-hydrogen) atoms. The van der Waals surface area contributed by atoms with E-state index in [-0.39, 0.29) is 32.1 Å². The first-order chi connectivity index (χ1) is 18.6. The number of hydrogen-bond donors (Lipinski definition) is 0. The Labute approximate surface area is 230 Å². The largest absolute Gasteiger partial charge is 0.495 e. The van der Waals surface area contributed by atoms with E-state index in [0.717, 1.165) is 12.1 Å². The second-order valence-electron chi connectivity index (χ2n) is 8.62. The van der Waals surface area contributed by atoms with Crippen LogP contribution >= 0.6 is 9.90 Å². The number of sulfone groups is 1. The summed E-state index contributed by atoms with van der Waals surface area (Å²) in [6, 6.07) is 18.4. The zero-order valence-electron chi connectivity index (χ0n) is 21.1. The summed E-state index contributed by atoms with van der Waals surface area (Å²) in [6.07, 6.45) is -1.57. The van der Waals surface area contributed by atoms with Gasteiger partial charge in [-0.05, 0) is 65.7 Å². The zero-order valence-corrected chi connectivity index (χ0v) is 23.3. The summed E-state index contributed by atoms with van der Waals surface area (Å²) in [5, 5.41) is 0.480. The molecule has 1 atom stereocenters. The number of nitrogens with zero attached hydrogens (tertiary/aromatic N) is 3. The van der Waals surface area contributed by atoms with Crippen LogP contribution in [0.15, 0.2) is 101 Å². The first-order valence-electron chi connectivity index (χ1n) is 11.6. The number of aromatic nitrogens is 3. The van der Waals surface area contributed by atoms with E-state index in [4.69, 9.17) is 4.74 Å². The predicted octanol–water partition coefficient (Wildman–Crippen LogP) is 5.51. The molecule has 7 nitrogen and oxygen atoms in total. The molecule has 206 valence electrons. The molecule has 12 heteroatoms. The maximum atomic E-state index is 13.2. The van der Waals surface area contributed by atoms with E-state index >= 15 is 0 Å². The Morgan fingerprint density at radius 3 is 2.30 bits per heavy atom. The van der Waals surface area contributed by atoms with Gasteiger partial charge in [-0.1, -0.05) is 18.2 Å². The molecule has 2 aromatic heterocycles. The van der Waals surface area contributed by atoms with Crippen LogP contribution in [0, 0.1) is 0 Å². The lowest BCUT2D eigenvalue weighted by Crippen LogP contribution is -2.18. The SMILES string of the molecule is COc1cc(-c2cccc(C(F)(F)F)c2)ccc1-n1c(=O)ccc2cc(S(=O)(=O)Cc3ncccn3)ccc21.P. The third-order valence-electron chi connectivity index (χ3n) is 6.11. The minimum absolute atomic E-state index is 0. The summed E-state index contributed by atoms with van der Waals surface area (Å²) in [5.41, 5.74) is 0.377. The van der Waals surface area contributed by atoms with Crippen molar-refractivity contribution in [1.82, 2.24) is 14.5 Å². The molecule has 0 spiro atoms. The van der Waals surface area contributed by atoms with Crippen molar-refractivity contribution in [3.8, 4) is 22.6 Å². The molecule has 5 aromatic rings. The Kier molecular flexibility index (Phi) is 8.09. The van der Waals surface area contributed by atoms with Crippen LogP contribution in [0.5, 0.6) is 5.75 Å². The first-order valence-corrected chi connectivity index (χ1v) is 13.2. The lowest BCUT2D eigenvalue weighted by Gasteiger charge is -2.16. The molecule has 0 bridgehead atoms. The van der Waals surface area contributed by atoms with Gasteiger partial charge < -0.3 is 4.74 Å². The third-order valence-corrected chi connectivity index (χ3v) is 7.72. The van der Waals surface area contributed by atoms with E-state index in [9.17, 15) is 26.4 Å². The number of fused-ring (bicyclic) bond motifs is 1. The standard InChI is InChI=1S/C28H20F3N3O4S.H3P/c1-38-25-16-19(18-4-2-5-21(14-18)28(29,30)31)6-9-24(25)34-23-10-8-22(15-20(23)7-11-27(34)35)39(36,37)17-26-32-12-3-13-33-26;/h2-16H,17H2,1H3;1H3. The summed E-state index contributed by atoms with van der Waals surface area (Å²) in [7, 11) is -2.38. The van der Waals surface area contributed by atoms with Crippen LogP contribution in [0.3, 0.4) is 0 Å². The van der Waals surface area contributed by atoms with E-state index in [2.05, 4.69) is 9.97 Å². The molecule has 0 radical (unpaired) electrons. The van der Waals surface area contributed by atoms with Crippen molar-refractivity contribution in [1.29, 1.82) is 0 Å². The van der Waals surface area contributed by atoms with Gasteiger partial charge in [0.1, 0.15) is 17.3 Å². The van der Waals surface area contributed by atoms with Gasteiger partial charge in [-0.2, -0.15) is 23.1 Å². The molecule has 0 N–H and O–H groups in total. The topological polar surface area (TPSA) is 91.2 Å². The van der Waals surface area contributed by atoms with Gasteiger partial charge in [-0.25, -0.2) is 18.4 Å². The molecule has 0 aliphatic carbocycles. The van der Waals surface area contributed by atoms with E-state index < -0.39 is 27.1 Å². The molecule has 2 heterocycles. The summed E-state index contributed by atoms with van der Waals surface area (Å²) < 4.78 is 72.5. The van der Waals surface area contributed by atoms with Crippen molar-refractivity contribution in [2.45, 2.75) is 16.8 Å². The van der Waals surface area contributed by atoms with Crippen LogP contribution in [0.25, 0.3) is 27.7 Å². The highest BCUT2D eigenvalue weighted by Crippen LogP contribution is 2.35. The smallest absolute Gasteiger partial charge is 0.416 e. The molecule has 0 amide bonds. The van der Waals surface area contributed by atoms with Crippen molar-refractivity contribution in [2.24, 2.45) is 0 Å². The molecule has 0 fully saturated rings. The minimum atomic E-state index is -4.49. The quantitative estimate of drug-likeness (QED) is 0.244. The number of methoxy groups -OCH3 is 1. The van der Waals surface area contributed by atoms with Crippen LogP contribution in [0.1, 0.15) is 11.4 Å². The van der Waals surface area contributed by atoms with Crippen LogP contribution in [-0.2, 0) is 21.8 Å². The van der Waals surface area contributed by atoms with Gasteiger partial charge in [-0.3, -0.25) is 9.36 Å². The molecular weight excluding hydrogens is 562 g/mol. The van der Waals surface area contributed by atoms with E-state index in [1.54, 1.807) is 30.3 Å². The Morgan fingerprint density at radius 2 is 1.60 bits per heavy atom. The summed E-state index contributed by atoms with van der Waals surface area (Å²) in [6.45, 7) is 0. The average Bonchev–Trinajstić information content (AvgIpc) is 2.92. The summed E-state index contributed by atoms with van der Waals surface area (Å²) in [4.78, 5) is 21.0. The highest BCUT2D eigenvalue weighted by molar-refractivity contribution is 7.90. The molecule has 1 unspecified atom stereocenters. The second kappa shape index (κ2) is 11.2. The normalized spacial score (nSPS) is 11.7. The van der Waals surface area contributed by atoms with Gasteiger partial charge in [0, 0.05) is 23.8 Å². The maximum absolute atomic E-state index is 13.2. The number of pyridine rings is 1. The molecule has 0 saturated carbocycles. The van der Waals surface area contributed by atoms with Crippen molar-refractivity contribution in [3.05, 3.63) is 113 Å². The van der Waals surface area contributed by atoms with Crippen LogP contribution in [0.4, 0.5) is 13.2 Å². The van der Waals surface area contributed by atoms with Gasteiger partial charge in [0.2, 0.25) is 0 Å². The molecular formula is C28H23F3N3O4PS. The van der Waals surface area contributed by atoms with Gasteiger partial charge in [0.05, 0.1) is 28.8 Å². The highest BCUT2D eigenvalue weighted by Gasteiger charge is 2.30. The average molecular weight is 586 g/mol. The number of benzene rings is 3. The molecule has 0 aliphatic rings. The highest BCUT2D eigenvalue weighted by atomic mass is 32.2. The first kappa shape index (κ1) is 28.9. The summed E-state index contributed by atoms with van der Waals surface area (Å²) in [5.74, 6) is 0.0229. The van der Waals surface area contributed by atoms with Crippen molar-refractivity contribution < 1.29 is 26.3 Å². The molecule has 0 saturated heterocycles. The van der Waals surface area contributed by atoms with E-state index in [1.165, 1.54) is 60.5 Å².